The molecule has 2 atom stereocenters. The van der Waals surface area contributed by atoms with Crippen LogP contribution < -0.4 is 20.7 Å². The Morgan fingerprint density at radius 2 is 1.86 bits per heavy atom. The van der Waals surface area contributed by atoms with Crippen LogP contribution in [0.2, 0.25) is 0 Å². The third-order valence-electron chi connectivity index (χ3n) is 6.37. The zero-order chi connectivity index (χ0) is 25.2. The molecule has 2 unspecified atom stereocenters. The predicted octanol–water partition coefficient (Wildman–Crippen LogP) is 6.45. The molecule has 0 bridgehead atoms. The summed E-state index contributed by atoms with van der Waals surface area (Å²) in [5, 5.41) is 15.9. The van der Waals surface area contributed by atoms with Crippen LogP contribution in [-0.4, -0.2) is 28.5 Å². The molecule has 1 aromatic heterocycles. The molecule has 35 heavy (non-hydrogen) atoms. The average Bonchev–Trinajstić information content (AvgIpc) is 3.26. The van der Waals surface area contributed by atoms with E-state index in [1.807, 2.05) is 53.3 Å². The molecule has 2 aromatic carbocycles. The first-order valence-electron chi connectivity index (χ1n) is 12.4. The van der Waals surface area contributed by atoms with E-state index in [-0.39, 0.29) is 23.6 Å². The molecule has 7 nitrogen and oxygen atoms in total. The summed E-state index contributed by atoms with van der Waals surface area (Å²) in [6, 6.07) is 13.6. The summed E-state index contributed by atoms with van der Waals surface area (Å²) in [5.74, 6) is 1.86. The number of fused-ring (bicyclic) bond motifs is 1. The van der Waals surface area contributed by atoms with Crippen LogP contribution in [0.3, 0.4) is 0 Å². The Morgan fingerprint density at radius 3 is 2.51 bits per heavy atom. The van der Waals surface area contributed by atoms with Crippen molar-refractivity contribution in [3.8, 4) is 5.75 Å². The second kappa shape index (κ2) is 10.0. The lowest BCUT2D eigenvalue weighted by molar-refractivity contribution is 0.169. The molecule has 0 radical (unpaired) electrons. The van der Waals surface area contributed by atoms with Gasteiger partial charge in [-0.05, 0) is 45.5 Å². The Labute approximate surface area is 207 Å². The number of nitrogens with zero attached hydrogens (tertiary/aromatic N) is 2. The Hall–Kier alpha value is -3.48. The number of ether oxygens (including phenoxy) is 1. The van der Waals surface area contributed by atoms with Gasteiger partial charge in [-0.3, -0.25) is 5.32 Å². The fourth-order valence-electron chi connectivity index (χ4n) is 4.30. The van der Waals surface area contributed by atoms with Crippen molar-refractivity contribution >= 4 is 28.3 Å². The third-order valence-corrected chi connectivity index (χ3v) is 6.37. The first kappa shape index (κ1) is 24.6. The van der Waals surface area contributed by atoms with Crippen LogP contribution in [0.15, 0.2) is 54.7 Å². The minimum atomic E-state index is -0.306. The maximum Gasteiger partial charge on any atom is 0.324 e. The van der Waals surface area contributed by atoms with E-state index >= 15 is 0 Å². The van der Waals surface area contributed by atoms with Gasteiger partial charge in [0.15, 0.2) is 0 Å². The number of aromatic nitrogens is 2. The van der Waals surface area contributed by atoms with E-state index in [4.69, 9.17) is 9.84 Å². The molecule has 7 heteroatoms. The van der Waals surface area contributed by atoms with Crippen molar-refractivity contribution in [2.75, 3.05) is 17.2 Å². The maximum atomic E-state index is 13.0. The van der Waals surface area contributed by atoms with Gasteiger partial charge >= 0.3 is 6.03 Å². The summed E-state index contributed by atoms with van der Waals surface area (Å²) in [5.41, 5.74) is 1.55. The fraction of sp³-hybridized carbons (Fsp3) is 0.429. The molecule has 186 valence electrons. The van der Waals surface area contributed by atoms with Crippen LogP contribution in [0.25, 0.3) is 10.8 Å². The lowest BCUT2D eigenvalue weighted by Gasteiger charge is -2.26. The Morgan fingerprint density at radius 1 is 1.11 bits per heavy atom. The third kappa shape index (κ3) is 5.61. The number of benzene rings is 2. The molecule has 0 saturated carbocycles. The van der Waals surface area contributed by atoms with Crippen molar-refractivity contribution in [2.45, 2.75) is 65.5 Å². The van der Waals surface area contributed by atoms with Crippen molar-refractivity contribution in [3.63, 3.8) is 0 Å². The van der Waals surface area contributed by atoms with Crippen LogP contribution in [-0.2, 0) is 5.41 Å². The number of carbonyl (C=O) groups is 1. The first-order valence-corrected chi connectivity index (χ1v) is 12.4. The summed E-state index contributed by atoms with van der Waals surface area (Å²) < 4.78 is 8.23. The quantitative estimate of drug-likeness (QED) is 0.383. The van der Waals surface area contributed by atoms with E-state index in [2.05, 4.69) is 63.6 Å². The molecule has 4 rings (SSSR count). The molecular weight excluding hydrogens is 438 g/mol. The van der Waals surface area contributed by atoms with Crippen molar-refractivity contribution < 1.29 is 9.53 Å². The van der Waals surface area contributed by atoms with Gasteiger partial charge in [-0.15, -0.1) is 0 Å². The smallest absolute Gasteiger partial charge is 0.324 e. The van der Waals surface area contributed by atoms with E-state index in [1.54, 1.807) is 0 Å². The summed E-state index contributed by atoms with van der Waals surface area (Å²) in [4.78, 5) is 13.0. The molecule has 2 heterocycles. The lowest BCUT2D eigenvalue weighted by atomic mass is 9.92. The van der Waals surface area contributed by atoms with Crippen molar-refractivity contribution in [2.24, 2.45) is 5.92 Å². The first-order chi connectivity index (χ1) is 16.6. The molecule has 1 aliphatic heterocycles. The number of nitrogens with one attached hydrogen (secondary N) is 3. The molecule has 3 N–H and O–H groups in total. The second-order valence-electron chi connectivity index (χ2n) is 10.5. The van der Waals surface area contributed by atoms with Crippen LogP contribution in [0.4, 0.5) is 16.3 Å². The van der Waals surface area contributed by atoms with Gasteiger partial charge < -0.3 is 15.4 Å². The minimum Gasteiger partial charge on any atom is -0.489 e. The van der Waals surface area contributed by atoms with Gasteiger partial charge in [-0.1, -0.05) is 51.1 Å². The molecule has 0 spiro atoms. The van der Waals surface area contributed by atoms with Gasteiger partial charge in [0, 0.05) is 40.8 Å². The van der Waals surface area contributed by atoms with E-state index in [0.29, 0.717) is 11.7 Å². The summed E-state index contributed by atoms with van der Waals surface area (Å²) >= 11 is 0. The summed E-state index contributed by atoms with van der Waals surface area (Å²) in [6.07, 6.45) is 5.27. The second-order valence-corrected chi connectivity index (χ2v) is 10.5. The molecular formula is C28H37N5O2. The van der Waals surface area contributed by atoms with Crippen LogP contribution in [0, 0.1) is 5.92 Å². The van der Waals surface area contributed by atoms with Gasteiger partial charge in [-0.25, -0.2) is 9.48 Å². The molecule has 0 aliphatic carbocycles. The van der Waals surface area contributed by atoms with E-state index < -0.39 is 0 Å². The highest BCUT2D eigenvalue weighted by atomic mass is 16.5. The maximum absolute atomic E-state index is 13.0. The number of hydrogen-bond acceptors (Lipinski definition) is 4. The molecule has 2 amide bonds. The van der Waals surface area contributed by atoms with Crippen LogP contribution in [0.5, 0.6) is 5.75 Å². The number of carbonyl (C=O) groups excluding carboxylic acids is 1. The SMILES string of the molecule is CC(Oc1ccc(NC(=O)Nc2cc(C(C)(C)C)nn2C(C)C)c2ccccc12)C1C=CNCC1. The van der Waals surface area contributed by atoms with Crippen LogP contribution in [0.1, 0.15) is 59.7 Å². The van der Waals surface area contributed by atoms with Gasteiger partial charge in [0.25, 0.3) is 0 Å². The number of rotatable bonds is 6. The van der Waals surface area contributed by atoms with Gasteiger partial charge in [-0.2, -0.15) is 5.10 Å². The van der Waals surface area contributed by atoms with E-state index in [9.17, 15) is 4.79 Å². The Kier molecular flexibility index (Phi) is 7.05. The Bertz CT molecular complexity index is 1220. The summed E-state index contributed by atoms with van der Waals surface area (Å²) in [7, 11) is 0. The highest BCUT2D eigenvalue weighted by Gasteiger charge is 2.22. The average molecular weight is 476 g/mol. The van der Waals surface area contributed by atoms with Gasteiger partial charge in [0.2, 0.25) is 0 Å². The predicted molar refractivity (Wildman–Crippen MR) is 143 cm³/mol. The number of hydrogen-bond donors (Lipinski definition) is 3. The van der Waals surface area contributed by atoms with Crippen molar-refractivity contribution in [1.82, 2.24) is 15.1 Å². The number of anilines is 2. The molecule has 0 saturated heterocycles. The molecule has 0 fully saturated rings. The van der Waals surface area contributed by atoms with Crippen molar-refractivity contribution in [3.05, 3.63) is 60.4 Å². The van der Waals surface area contributed by atoms with Gasteiger partial charge in [0.05, 0.1) is 11.4 Å². The molecule has 1 aliphatic rings. The van der Waals surface area contributed by atoms with Crippen molar-refractivity contribution in [1.29, 1.82) is 0 Å². The number of amides is 2. The molecule has 3 aromatic rings. The fourth-order valence-corrected chi connectivity index (χ4v) is 4.30. The number of urea groups is 1. The van der Waals surface area contributed by atoms with E-state index in [1.165, 1.54) is 0 Å². The van der Waals surface area contributed by atoms with Crippen LogP contribution >= 0.6 is 0 Å². The van der Waals surface area contributed by atoms with Gasteiger partial charge in [0.1, 0.15) is 17.7 Å². The zero-order valence-corrected chi connectivity index (χ0v) is 21.6. The highest BCUT2D eigenvalue weighted by molar-refractivity contribution is 6.07. The normalized spacial score (nSPS) is 16.7. The summed E-state index contributed by atoms with van der Waals surface area (Å²) in [6.45, 7) is 13.5. The lowest BCUT2D eigenvalue weighted by Crippen LogP contribution is -2.28. The minimum absolute atomic E-state index is 0.0483. The standard InChI is InChI=1S/C28H37N5O2/c1-18(2)33-26(17-25(32-33)28(4,5)6)31-27(34)30-23-11-12-24(22-10-8-7-9-21(22)23)35-19(3)20-13-15-29-16-14-20/h7-13,15,17-20,29H,14,16H2,1-6H3,(H2,30,31,34). The highest BCUT2D eigenvalue weighted by Crippen LogP contribution is 2.34. The Balaban J connectivity index is 1.55. The monoisotopic (exact) mass is 475 g/mol. The zero-order valence-electron chi connectivity index (χ0n) is 21.6. The van der Waals surface area contributed by atoms with E-state index in [0.717, 1.165) is 40.9 Å². The largest absolute Gasteiger partial charge is 0.489 e. The topological polar surface area (TPSA) is 80.2 Å².